The molecule has 5 rings (SSSR count). The van der Waals surface area contributed by atoms with Gasteiger partial charge in [-0.3, -0.25) is 4.79 Å². The Morgan fingerprint density at radius 3 is 3.07 bits per heavy atom. The molecule has 0 saturated carbocycles. The minimum Gasteiger partial charge on any atom is -0.458 e. The Balaban J connectivity index is 1.49. The van der Waals surface area contributed by atoms with E-state index in [1.807, 2.05) is 35.2 Å². The molecule has 1 aromatic carbocycles. The zero-order valence-electron chi connectivity index (χ0n) is 14.6. The molecule has 0 bridgehead atoms. The number of nitrogens with one attached hydrogen (secondary N) is 1. The first-order valence-corrected chi connectivity index (χ1v) is 8.98. The van der Waals surface area contributed by atoms with E-state index in [1.54, 1.807) is 12.5 Å². The number of aryl methyl sites for hydroxylation is 1. The number of fused-ring (bicyclic) bond motifs is 2. The third-order valence-corrected chi connectivity index (χ3v) is 5.00. The summed E-state index contributed by atoms with van der Waals surface area (Å²) < 4.78 is 11.3. The highest BCUT2D eigenvalue weighted by Gasteiger charge is 2.36. The average molecular weight is 362 g/mol. The first kappa shape index (κ1) is 15.9. The van der Waals surface area contributed by atoms with Gasteiger partial charge >= 0.3 is 0 Å². The summed E-state index contributed by atoms with van der Waals surface area (Å²) >= 11 is 0. The van der Waals surface area contributed by atoms with Crippen LogP contribution in [0.5, 0.6) is 0 Å². The van der Waals surface area contributed by atoms with Crippen molar-refractivity contribution in [2.45, 2.75) is 25.3 Å². The Labute approximate surface area is 155 Å². The topological polar surface area (TPSA) is 88.2 Å². The van der Waals surface area contributed by atoms with E-state index in [1.165, 1.54) is 6.26 Å². The molecular formula is C20H18N4O3. The minimum absolute atomic E-state index is 0.0345. The van der Waals surface area contributed by atoms with Crippen LogP contribution < -0.4 is 0 Å². The van der Waals surface area contributed by atoms with Gasteiger partial charge in [0.25, 0.3) is 0 Å². The molecule has 0 aliphatic carbocycles. The van der Waals surface area contributed by atoms with Crippen LogP contribution in [0, 0.1) is 0 Å². The first-order valence-electron chi connectivity index (χ1n) is 8.98. The molecule has 4 heterocycles. The lowest BCUT2D eigenvalue weighted by atomic mass is 9.99. The summed E-state index contributed by atoms with van der Waals surface area (Å²) in [6.45, 7) is 0.612. The van der Waals surface area contributed by atoms with Crippen LogP contribution in [0.2, 0.25) is 0 Å². The number of rotatable bonds is 4. The van der Waals surface area contributed by atoms with E-state index in [2.05, 4.69) is 15.0 Å². The van der Waals surface area contributed by atoms with Gasteiger partial charge in [0.2, 0.25) is 5.91 Å². The standard InChI is InChI=1S/C20H18N4O3/c25-18(6-5-17-21-8-10-26-17)24-9-7-14-19(23-12-22-14)20(24)16-11-13-3-1-2-4-15(13)27-16/h1-4,8,10-12,20H,5-7,9H2,(H,22,23)/t20-/m1/s1. The summed E-state index contributed by atoms with van der Waals surface area (Å²) in [5.41, 5.74) is 2.71. The number of imidazole rings is 1. The van der Waals surface area contributed by atoms with Gasteiger partial charge in [0.05, 0.1) is 18.2 Å². The molecule has 7 heteroatoms. The van der Waals surface area contributed by atoms with Crippen LogP contribution in [0.4, 0.5) is 0 Å². The van der Waals surface area contributed by atoms with Gasteiger partial charge < -0.3 is 18.7 Å². The van der Waals surface area contributed by atoms with Gasteiger partial charge in [0.1, 0.15) is 23.6 Å². The highest BCUT2D eigenvalue weighted by molar-refractivity contribution is 5.80. The normalized spacial score (nSPS) is 16.6. The van der Waals surface area contributed by atoms with Crippen molar-refractivity contribution in [3.63, 3.8) is 0 Å². The molecule has 0 spiro atoms. The van der Waals surface area contributed by atoms with Gasteiger partial charge in [-0.15, -0.1) is 0 Å². The predicted octanol–water partition coefficient (Wildman–Crippen LogP) is 3.25. The smallest absolute Gasteiger partial charge is 0.224 e. The predicted molar refractivity (Wildman–Crippen MR) is 96.9 cm³/mol. The van der Waals surface area contributed by atoms with Gasteiger partial charge in [-0.1, -0.05) is 18.2 Å². The van der Waals surface area contributed by atoms with Crippen LogP contribution in [0.15, 0.2) is 58.0 Å². The Morgan fingerprint density at radius 2 is 2.22 bits per heavy atom. The van der Waals surface area contributed by atoms with Crippen LogP contribution in [0.3, 0.4) is 0 Å². The molecule has 1 amide bonds. The quantitative estimate of drug-likeness (QED) is 0.602. The van der Waals surface area contributed by atoms with E-state index in [-0.39, 0.29) is 11.9 Å². The number of aromatic amines is 1. The maximum atomic E-state index is 13.0. The van der Waals surface area contributed by atoms with E-state index in [9.17, 15) is 4.79 Å². The Morgan fingerprint density at radius 1 is 1.30 bits per heavy atom. The van der Waals surface area contributed by atoms with E-state index >= 15 is 0 Å². The van der Waals surface area contributed by atoms with Crippen LogP contribution >= 0.6 is 0 Å². The number of benzene rings is 1. The van der Waals surface area contributed by atoms with Crippen molar-refractivity contribution in [3.05, 3.63) is 72.2 Å². The van der Waals surface area contributed by atoms with Crippen molar-refractivity contribution >= 4 is 16.9 Å². The fourth-order valence-corrected chi connectivity index (χ4v) is 3.70. The molecule has 0 saturated heterocycles. The zero-order valence-corrected chi connectivity index (χ0v) is 14.6. The van der Waals surface area contributed by atoms with Crippen molar-refractivity contribution < 1.29 is 13.6 Å². The molecule has 1 atom stereocenters. The second kappa shape index (κ2) is 6.42. The summed E-state index contributed by atoms with van der Waals surface area (Å²) in [6.07, 6.45) is 6.35. The molecule has 3 aromatic heterocycles. The van der Waals surface area contributed by atoms with Crippen molar-refractivity contribution in [1.29, 1.82) is 0 Å². The van der Waals surface area contributed by atoms with E-state index in [0.29, 0.717) is 25.3 Å². The number of hydrogen-bond acceptors (Lipinski definition) is 5. The number of carbonyl (C=O) groups excluding carboxylic acids is 1. The van der Waals surface area contributed by atoms with Crippen molar-refractivity contribution in [1.82, 2.24) is 19.9 Å². The number of nitrogens with zero attached hydrogens (tertiary/aromatic N) is 3. The number of furan rings is 1. The lowest BCUT2D eigenvalue weighted by molar-refractivity contribution is -0.133. The number of para-hydroxylation sites is 1. The lowest BCUT2D eigenvalue weighted by Gasteiger charge is -2.33. The largest absolute Gasteiger partial charge is 0.458 e. The van der Waals surface area contributed by atoms with Gasteiger partial charge in [0.15, 0.2) is 5.89 Å². The summed E-state index contributed by atoms with van der Waals surface area (Å²) in [5.74, 6) is 1.34. The van der Waals surface area contributed by atoms with Crippen molar-refractivity contribution in [3.8, 4) is 0 Å². The molecule has 27 heavy (non-hydrogen) atoms. The summed E-state index contributed by atoms with van der Waals surface area (Å²) in [7, 11) is 0. The molecule has 136 valence electrons. The van der Waals surface area contributed by atoms with Gasteiger partial charge in [-0.25, -0.2) is 9.97 Å². The maximum Gasteiger partial charge on any atom is 0.224 e. The highest BCUT2D eigenvalue weighted by Crippen LogP contribution is 2.36. The van der Waals surface area contributed by atoms with E-state index in [0.717, 1.165) is 34.5 Å². The number of amides is 1. The number of hydrogen-bond donors (Lipinski definition) is 1. The molecule has 4 aromatic rings. The van der Waals surface area contributed by atoms with E-state index in [4.69, 9.17) is 8.83 Å². The number of oxazole rings is 1. The van der Waals surface area contributed by atoms with Crippen LogP contribution in [-0.4, -0.2) is 32.3 Å². The molecular weight excluding hydrogens is 344 g/mol. The number of aromatic nitrogens is 3. The molecule has 0 radical (unpaired) electrons. The second-order valence-electron chi connectivity index (χ2n) is 6.62. The van der Waals surface area contributed by atoms with Crippen LogP contribution in [0.25, 0.3) is 11.0 Å². The van der Waals surface area contributed by atoms with Gasteiger partial charge in [-0.05, 0) is 12.1 Å². The maximum absolute atomic E-state index is 13.0. The SMILES string of the molecule is O=C(CCc1ncco1)N1CCc2[nH]cnc2[C@H]1c1cc2ccccc2o1. The first-order chi connectivity index (χ1) is 13.3. The third-order valence-electron chi connectivity index (χ3n) is 5.00. The third kappa shape index (κ3) is 2.81. The lowest BCUT2D eigenvalue weighted by Crippen LogP contribution is -2.40. The Kier molecular flexibility index (Phi) is 3.78. The summed E-state index contributed by atoms with van der Waals surface area (Å²) in [6, 6.07) is 9.52. The molecule has 0 fully saturated rings. The molecule has 7 nitrogen and oxygen atoms in total. The fraction of sp³-hybridized carbons (Fsp3) is 0.250. The Bertz CT molecular complexity index is 1050. The average Bonchev–Trinajstić information content (AvgIpc) is 3.45. The highest BCUT2D eigenvalue weighted by atomic mass is 16.3. The number of H-pyrrole nitrogens is 1. The molecule has 1 aliphatic rings. The van der Waals surface area contributed by atoms with E-state index < -0.39 is 0 Å². The summed E-state index contributed by atoms with van der Waals surface area (Å²) in [4.78, 5) is 26.6. The van der Waals surface area contributed by atoms with Crippen LogP contribution in [-0.2, 0) is 17.6 Å². The number of carbonyl (C=O) groups is 1. The molecule has 1 N–H and O–H groups in total. The minimum atomic E-state index is -0.329. The van der Waals surface area contributed by atoms with Crippen molar-refractivity contribution in [2.75, 3.05) is 6.54 Å². The van der Waals surface area contributed by atoms with Crippen molar-refractivity contribution in [2.24, 2.45) is 0 Å². The molecule has 0 unspecified atom stereocenters. The monoisotopic (exact) mass is 362 g/mol. The van der Waals surface area contributed by atoms with Crippen LogP contribution in [0.1, 0.15) is 35.5 Å². The fourth-order valence-electron chi connectivity index (χ4n) is 3.70. The van der Waals surface area contributed by atoms with Gasteiger partial charge in [0, 0.05) is 36.9 Å². The summed E-state index contributed by atoms with van der Waals surface area (Å²) in [5, 5.41) is 1.02. The van der Waals surface area contributed by atoms with Gasteiger partial charge in [-0.2, -0.15) is 0 Å². The zero-order chi connectivity index (χ0) is 18.2. The molecule has 1 aliphatic heterocycles. The second-order valence-corrected chi connectivity index (χ2v) is 6.62. The Hall–Kier alpha value is -3.35.